The number of nitrogens with one attached hydrogen (secondary N) is 1. The zero-order chi connectivity index (χ0) is 12.7. The molecule has 1 amide bonds. The summed E-state index contributed by atoms with van der Waals surface area (Å²) < 4.78 is 5.03. The van der Waals surface area contributed by atoms with Gasteiger partial charge in [-0.2, -0.15) is 0 Å². The van der Waals surface area contributed by atoms with Crippen molar-refractivity contribution in [2.75, 3.05) is 26.4 Å². The summed E-state index contributed by atoms with van der Waals surface area (Å²) in [5.41, 5.74) is 1.34. The third-order valence-electron chi connectivity index (χ3n) is 2.28. The highest BCUT2D eigenvalue weighted by Crippen LogP contribution is 2.18. The second-order valence-corrected chi connectivity index (χ2v) is 3.91. The summed E-state index contributed by atoms with van der Waals surface area (Å²) in [5.74, 6) is -0.169. The first-order chi connectivity index (χ1) is 8.16. The average Bonchev–Trinajstić information content (AvgIpc) is 2.32. The number of carbonyl (C=O) groups is 1. The summed E-state index contributed by atoms with van der Waals surface area (Å²) in [6, 6.07) is 5.22. The molecule has 0 bridgehead atoms. The van der Waals surface area contributed by atoms with Gasteiger partial charge in [-0.1, -0.05) is 17.7 Å². The van der Waals surface area contributed by atoms with Gasteiger partial charge in [-0.15, -0.1) is 0 Å². The van der Waals surface area contributed by atoms with Crippen LogP contribution in [0.5, 0.6) is 0 Å². The van der Waals surface area contributed by atoms with E-state index < -0.39 is 0 Å². The molecule has 2 N–H and O–H groups in total. The van der Waals surface area contributed by atoms with Crippen LogP contribution in [0, 0.1) is 6.92 Å². The van der Waals surface area contributed by atoms with Crippen LogP contribution in [-0.2, 0) is 4.74 Å². The van der Waals surface area contributed by atoms with Crippen LogP contribution in [0.4, 0.5) is 0 Å². The fraction of sp³-hybridized carbons (Fsp3) is 0.417. The second kappa shape index (κ2) is 7.27. The molecule has 0 fully saturated rings. The van der Waals surface area contributed by atoms with E-state index in [9.17, 15) is 4.79 Å². The standard InChI is InChI=1S/C12H16ClNO3/c1-9-10(3-2-4-11(9)13)12(16)14-5-7-17-8-6-15/h2-4,15H,5-8H2,1H3,(H,14,16). The number of rotatable bonds is 6. The van der Waals surface area contributed by atoms with Crippen molar-refractivity contribution in [2.45, 2.75) is 6.92 Å². The monoisotopic (exact) mass is 257 g/mol. The summed E-state index contributed by atoms with van der Waals surface area (Å²) in [7, 11) is 0. The van der Waals surface area contributed by atoms with Crippen molar-refractivity contribution in [1.29, 1.82) is 0 Å². The van der Waals surface area contributed by atoms with Crippen LogP contribution in [0.25, 0.3) is 0 Å². The van der Waals surface area contributed by atoms with Gasteiger partial charge in [0.2, 0.25) is 0 Å². The van der Waals surface area contributed by atoms with Gasteiger partial charge in [0.05, 0.1) is 19.8 Å². The van der Waals surface area contributed by atoms with Gasteiger partial charge in [0, 0.05) is 17.1 Å². The summed E-state index contributed by atoms with van der Waals surface area (Å²) in [4.78, 5) is 11.8. The Hall–Kier alpha value is -1.10. The first-order valence-electron chi connectivity index (χ1n) is 5.38. The number of aliphatic hydroxyl groups is 1. The number of hydrogen-bond donors (Lipinski definition) is 2. The Morgan fingerprint density at radius 2 is 2.24 bits per heavy atom. The predicted octanol–water partition coefficient (Wildman–Crippen LogP) is 1.39. The van der Waals surface area contributed by atoms with Crippen LogP contribution in [0.3, 0.4) is 0 Å². The maximum absolute atomic E-state index is 11.8. The predicted molar refractivity (Wildman–Crippen MR) is 66.4 cm³/mol. The molecule has 0 heterocycles. The van der Waals surface area contributed by atoms with Gasteiger partial charge in [0.25, 0.3) is 5.91 Å². The highest BCUT2D eigenvalue weighted by molar-refractivity contribution is 6.31. The van der Waals surface area contributed by atoms with Gasteiger partial charge in [-0.3, -0.25) is 4.79 Å². The first-order valence-corrected chi connectivity index (χ1v) is 5.76. The van der Waals surface area contributed by atoms with E-state index in [0.717, 1.165) is 5.56 Å². The molecule has 0 aliphatic heterocycles. The lowest BCUT2D eigenvalue weighted by Gasteiger charge is -2.08. The van der Waals surface area contributed by atoms with Crippen molar-refractivity contribution in [1.82, 2.24) is 5.32 Å². The fourth-order valence-electron chi connectivity index (χ4n) is 1.35. The normalized spacial score (nSPS) is 10.3. The lowest BCUT2D eigenvalue weighted by Crippen LogP contribution is -2.28. The van der Waals surface area contributed by atoms with Crippen molar-refractivity contribution in [3.63, 3.8) is 0 Å². The zero-order valence-corrected chi connectivity index (χ0v) is 10.5. The molecule has 0 aliphatic carbocycles. The number of halogens is 1. The van der Waals surface area contributed by atoms with Gasteiger partial charge in [-0.05, 0) is 24.6 Å². The van der Waals surface area contributed by atoms with E-state index >= 15 is 0 Å². The Balaban J connectivity index is 2.44. The van der Waals surface area contributed by atoms with Crippen LogP contribution in [-0.4, -0.2) is 37.4 Å². The highest BCUT2D eigenvalue weighted by Gasteiger charge is 2.09. The third kappa shape index (κ3) is 4.34. The quantitative estimate of drug-likeness (QED) is 0.757. The maximum Gasteiger partial charge on any atom is 0.251 e. The highest BCUT2D eigenvalue weighted by atomic mass is 35.5. The van der Waals surface area contributed by atoms with Gasteiger partial charge < -0.3 is 15.2 Å². The molecule has 1 rings (SSSR count). The van der Waals surface area contributed by atoms with Crippen molar-refractivity contribution in [2.24, 2.45) is 0 Å². The van der Waals surface area contributed by atoms with Crippen LogP contribution in [0.1, 0.15) is 15.9 Å². The SMILES string of the molecule is Cc1c(Cl)cccc1C(=O)NCCOCCO. The average molecular weight is 258 g/mol. The van der Waals surface area contributed by atoms with E-state index in [-0.39, 0.29) is 19.1 Å². The Bertz CT molecular complexity index is 382. The summed E-state index contributed by atoms with van der Waals surface area (Å²) in [6.07, 6.45) is 0. The van der Waals surface area contributed by atoms with Crippen molar-refractivity contribution >= 4 is 17.5 Å². The number of aliphatic hydroxyl groups excluding tert-OH is 1. The number of carbonyl (C=O) groups excluding carboxylic acids is 1. The van der Waals surface area contributed by atoms with Gasteiger partial charge in [-0.25, -0.2) is 0 Å². The molecule has 0 spiro atoms. The molecule has 0 saturated carbocycles. The Kier molecular flexibility index (Phi) is 5.97. The van der Waals surface area contributed by atoms with Gasteiger partial charge in [0.1, 0.15) is 0 Å². The smallest absolute Gasteiger partial charge is 0.251 e. The lowest BCUT2D eigenvalue weighted by molar-refractivity contribution is 0.0837. The zero-order valence-electron chi connectivity index (χ0n) is 9.70. The van der Waals surface area contributed by atoms with Gasteiger partial charge in [0.15, 0.2) is 0 Å². The van der Waals surface area contributed by atoms with E-state index in [2.05, 4.69) is 5.32 Å². The lowest BCUT2D eigenvalue weighted by atomic mass is 10.1. The van der Waals surface area contributed by atoms with Crippen molar-refractivity contribution < 1.29 is 14.6 Å². The Morgan fingerprint density at radius 3 is 2.94 bits per heavy atom. The fourth-order valence-corrected chi connectivity index (χ4v) is 1.53. The molecule has 0 radical (unpaired) electrons. The van der Waals surface area contributed by atoms with E-state index in [1.54, 1.807) is 25.1 Å². The molecular weight excluding hydrogens is 242 g/mol. The van der Waals surface area contributed by atoms with Crippen LogP contribution >= 0.6 is 11.6 Å². The van der Waals surface area contributed by atoms with E-state index in [1.807, 2.05) is 0 Å². The van der Waals surface area contributed by atoms with Crippen molar-refractivity contribution in [3.05, 3.63) is 34.3 Å². The summed E-state index contributed by atoms with van der Waals surface area (Å²) in [6.45, 7) is 2.86. The number of ether oxygens (including phenoxy) is 1. The molecule has 17 heavy (non-hydrogen) atoms. The molecule has 0 aliphatic rings. The van der Waals surface area contributed by atoms with Crippen molar-refractivity contribution in [3.8, 4) is 0 Å². The summed E-state index contributed by atoms with van der Waals surface area (Å²) >= 11 is 5.93. The topological polar surface area (TPSA) is 58.6 Å². The third-order valence-corrected chi connectivity index (χ3v) is 2.69. The molecule has 94 valence electrons. The number of amides is 1. The molecule has 4 nitrogen and oxygen atoms in total. The Labute approximate surface area is 106 Å². The summed E-state index contributed by atoms with van der Waals surface area (Å²) in [5, 5.41) is 11.8. The van der Waals surface area contributed by atoms with Crippen LogP contribution in [0.15, 0.2) is 18.2 Å². The Morgan fingerprint density at radius 1 is 1.47 bits per heavy atom. The minimum Gasteiger partial charge on any atom is -0.394 e. The second-order valence-electron chi connectivity index (χ2n) is 3.50. The molecule has 0 atom stereocenters. The van der Waals surface area contributed by atoms with Crippen LogP contribution in [0.2, 0.25) is 5.02 Å². The van der Waals surface area contributed by atoms with E-state index in [1.165, 1.54) is 0 Å². The minimum atomic E-state index is -0.169. The van der Waals surface area contributed by atoms with Gasteiger partial charge >= 0.3 is 0 Å². The largest absolute Gasteiger partial charge is 0.394 e. The molecule has 0 aromatic heterocycles. The number of hydrogen-bond acceptors (Lipinski definition) is 3. The molecule has 1 aromatic rings. The van der Waals surface area contributed by atoms with Crippen LogP contribution < -0.4 is 5.32 Å². The minimum absolute atomic E-state index is 0.0126. The van der Waals surface area contributed by atoms with E-state index in [4.69, 9.17) is 21.4 Å². The molecular formula is C12H16ClNO3. The molecule has 1 aromatic carbocycles. The molecule has 0 saturated heterocycles. The first kappa shape index (κ1) is 14.0. The van der Waals surface area contributed by atoms with E-state index in [0.29, 0.717) is 23.7 Å². The number of benzene rings is 1. The maximum atomic E-state index is 11.8. The molecule has 5 heteroatoms. The molecule has 0 unspecified atom stereocenters.